The molecule has 4 rings (SSSR count). The van der Waals surface area contributed by atoms with Gasteiger partial charge in [0.15, 0.2) is 10.4 Å². The maximum atomic E-state index is 5.59. The van der Waals surface area contributed by atoms with Crippen molar-refractivity contribution in [1.82, 2.24) is 19.3 Å². The zero-order chi connectivity index (χ0) is 14.6. The largest absolute Gasteiger partial charge is 0.328 e. The second-order valence-corrected chi connectivity index (χ2v) is 6.14. The Kier molecular flexibility index (Phi) is 2.79. The number of benzene rings is 1. The summed E-state index contributed by atoms with van der Waals surface area (Å²) in [5.41, 5.74) is 6.19. The highest BCUT2D eigenvalue weighted by molar-refractivity contribution is 7.71. The SMILES string of the molecule is CCc1nn(C)c2c1[nH]c(=S)n2C1Cc2ccccc2C1. The minimum absolute atomic E-state index is 0.392. The molecule has 0 saturated carbocycles. The smallest absolute Gasteiger partial charge is 0.179 e. The van der Waals surface area contributed by atoms with Gasteiger partial charge in [0.1, 0.15) is 5.52 Å². The van der Waals surface area contributed by atoms with Crippen LogP contribution in [0.3, 0.4) is 0 Å². The van der Waals surface area contributed by atoms with Crippen LogP contribution in [0.2, 0.25) is 0 Å². The van der Waals surface area contributed by atoms with Crippen LogP contribution in [0.4, 0.5) is 0 Å². The van der Waals surface area contributed by atoms with E-state index in [0.29, 0.717) is 6.04 Å². The highest BCUT2D eigenvalue weighted by Crippen LogP contribution is 2.33. The number of H-pyrrole nitrogens is 1. The lowest BCUT2D eigenvalue weighted by molar-refractivity contribution is 0.524. The van der Waals surface area contributed by atoms with E-state index in [-0.39, 0.29) is 0 Å². The number of aromatic nitrogens is 4. The lowest BCUT2D eigenvalue weighted by atomic mass is 10.1. The Labute approximate surface area is 128 Å². The van der Waals surface area contributed by atoms with Gasteiger partial charge in [0, 0.05) is 13.1 Å². The number of imidazole rings is 1. The van der Waals surface area contributed by atoms with Gasteiger partial charge >= 0.3 is 0 Å². The van der Waals surface area contributed by atoms with Gasteiger partial charge < -0.3 is 4.98 Å². The summed E-state index contributed by atoms with van der Waals surface area (Å²) in [6.07, 6.45) is 3.01. The Morgan fingerprint density at radius 1 is 1.29 bits per heavy atom. The molecule has 1 aliphatic carbocycles. The molecule has 0 radical (unpaired) electrons. The van der Waals surface area contributed by atoms with Crippen molar-refractivity contribution in [2.75, 3.05) is 0 Å². The average molecular weight is 298 g/mol. The molecular weight excluding hydrogens is 280 g/mol. The van der Waals surface area contributed by atoms with E-state index in [4.69, 9.17) is 12.2 Å². The Bertz CT molecular complexity index is 858. The van der Waals surface area contributed by atoms with Crippen molar-refractivity contribution in [3.05, 3.63) is 45.9 Å². The molecule has 0 aliphatic heterocycles. The van der Waals surface area contributed by atoms with E-state index < -0.39 is 0 Å². The summed E-state index contributed by atoms with van der Waals surface area (Å²) in [6, 6.07) is 9.08. The number of fused-ring (bicyclic) bond motifs is 2. The summed E-state index contributed by atoms with van der Waals surface area (Å²) in [6.45, 7) is 2.13. The Balaban J connectivity index is 1.87. The molecule has 21 heavy (non-hydrogen) atoms. The van der Waals surface area contributed by atoms with Gasteiger partial charge in [-0.3, -0.25) is 9.25 Å². The number of aryl methyl sites for hydroxylation is 2. The van der Waals surface area contributed by atoms with E-state index in [0.717, 1.165) is 40.9 Å². The molecule has 0 fully saturated rings. The van der Waals surface area contributed by atoms with Gasteiger partial charge in [0.2, 0.25) is 0 Å². The first-order chi connectivity index (χ1) is 10.2. The summed E-state index contributed by atoms with van der Waals surface area (Å²) in [5, 5.41) is 4.61. The van der Waals surface area contributed by atoms with Gasteiger partial charge in [-0.1, -0.05) is 31.2 Å². The van der Waals surface area contributed by atoms with Crippen molar-refractivity contribution < 1.29 is 0 Å². The maximum absolute atomic E-state index is 5.59. The minimum atomic E-state index is 0.392. The number of nitrogens with zero attached hydrogens (tertiary/aromatic N) is 3. The molecule has 1 N–H and O–H groups in total. The molecule has 5 heteroatoms. The number of nitrogens with one attached hydrogen (secondary N) is 1. The topological polar surface area (TPSA) is 38.5 Å². The number of rotatable bonds is 2. The molecule has 3 aromatic rings. The summed E-state index contributed by atoms with van der Waals surface area (Å²) in [5.74, 6) is 0. The molecule has 4 nitrogen and oxygen atoms in total. The van der Waals surface area contributed by atoms with E-state index in [1.165, 1.54) is 11.1 Å². The van der Waals surface area contributed by atoms with E-state index in [9.17, 15) is 0 Å². The van der Waals surface area contributed by atoms with E-state index in [1.54, 1.807) is 0 Å². The second kappa shape index (κ2) is 4.56. The molecule has 0 spiro atoms. The third-order valence-electron chi connectivity index (χ3n) is 4.50. The van der Waals surface area contributed by atoms with Crippen molar-refractivity contribution in [2.45, 2.75) is 32.2 Å². The normalized spacial score (nSPS) is 15.0. The van der Waals surface area contributed by atoms with Crippen LogP contribution in [0.1, 0.15) is 29.8 Å². The van der Waals surface area contributed by atoms with Gasteiger partial charge in [-0.15, -0.1) is 0 Å². The standard InChI is InChI=1S/C16H18N4S/c1-3-13-14-15(19(2)18-13)20(16(21)17-14)12-8-10-6-4-5-7-11(10)9-12/h4-7,12H,3,8-9H2,1-2H3,(H,17,21). The van der Waals surface area contributed by atoms with E-state index in [1.807, 2.05) is 11.7 Å². The highest BCUT2D eigenvalue weighted by atomic mass is 32.1. The van der Waals surface area contributed by atoms with Crippen molar-refractivity contribution >= 4 is 23.4 Å². The molecule has 0 saturated heterocycles. The molecule has 0 unspecified atom stereocenters. The zero-order valence-electron chi connectivity index (χ0n) is 12.3. The molecular formula is C16H18N4S. The van der Waals surface area contributed by atoms with Crippen molar-refractivity contribution in [2.24, 2.45) is 7.05 Å². The van der Waals surface area contributed by atoms with Gasteiger partial charge in [0.25, 0.3) is 0 Å². The number of hydrogen-bond acceptors (Lipinski definition) is 2. The van der Waals surface area contributed by atoms with Gasteiger partial charge in [-0.25, -0.2) is 0 Å². The van der Waals surface area contributed by atoms with Crippen LogP contribution in [-0.4, -0.2) is 19.3 Å². The van der Waals surface area contributed by atoms with Crippen LogP contribution in [0.5, 0.6) is 0 Å². The Morgan fingerprint density at radius 2 is 1.95 bits per heavy atom. The summed E-state index contributed by atoms with van der Waals surface area (Å²) in [4.78, 5) is 3.37. The predicted molar refractivity (Wildman–Crippen MR) is 86.2 cm³/mol. The van der Waals surface area contributed by atoms with Gasteiger partial charge in [-0.2, -0.15) is 5.10 Å². The monoisotopic (exact) mass is 298 g/mol. The first-order valence-electron chi connectivity index (χ1n) is 7.42. The van der Waals surface area contributed by atoms with Crippen molar-refractivity contribution in [3.8, 4) is 0 Å². The zero-order valence-corrected chi connectivity index (χ0v) is 13.1. The molecule has 0 amide bonds. The number of hydrogen-bond donors (Lipinski definition) is 1. The van der Waals surface area contributed by atoms with Crippen molar-refractivity contribution in [1.29, 1.82) is 0 Å². The van der Waals surface area contributed by atoms with Crippen LogP contribution in [0.15, 0.2) is 24.3 Å². The third kappa shape index (κ3) is 1.80. The molecule has 1 aromatic carbocycles. The molecule has 1 aliphatic rings. The first-order valence-corrected chi connectivity index (χ1v) is 7.82. The summed E-state index contributed by atoms with van der Waals surface area (Å²) < 4.78 is 5.03. The summed E-state index contributed by atoms with van der Waals surface area (Å²) in [7, 11) is 2.00. The lowest BCUT2D eigenvalue weighted by Gasteiger charge is -2.12. The van der Waals surface area contributed by atoms with Crippen LogP contribution < -0.4 is 0 Å². The predicted octanol–water partition coefficient (Wildman–Crippen LogP) is 3.33. The number of aromatic amines is 1. The van der Waals surface area contributed by atoms with Crippen LogP contribution in [0, 0.1) is 4.77 Å². The van der Waals surface area contributed by atoms with E-state index in [2.05, 4.69) is 45.8 Å². The fourth-order valence-electron chi connectivity index (χ4n) is 3.54. The van der Waals surface area contributed by atoms with Crippen molar-refractivity contribution in [3.63, 3.8) is 0 Å². The fraction of sp³-hybridized carbons (Fsp3) is 0.375. The van der Waals surface area contributed by atoms with E-state index >= 15 is 0 Å². The Morgan fingerprint density at radius 3 is 2.57 bits per heavy atom. The third-order valence-corrected chi connectivity index (χ3v) is 4.80. The first kappa shape index (κ1) is 12.8. The van der Waals surface area contributed by atoms with Crippen LogP contribution in [-0.2, 0) is 26.3 Å². The molecule has 0 atom stereocenters. The molecule has 0 bridgehead atoms. The Hall–Kier alpha value is -1.88. The van der Waals surface area contributed by atoms with Crippen LogP contribution >= 0.6 is 12.2 Å². The second-order valence-electron chi connectivity index (χ2n) is 5.75. The minimum Gasteiger partial charge on any atom is -0.328 e. The van der Waals surface area contributed by atoms with Crippen LogP contribution in [0.25, 0.3) is 11.2 Å². The van der Waals surface area contributed by atoms with Gasteiger partial charge in [-0.05, 0) is 42.6 Å². The molecule has 2 aromatic heterocycles. The molecule has 2 heterocycles. The summed E-state index contributed by atoms with van der Waals surface area (Å²) >= 11 is 5.59. The fourth-order valence-corrected chi connectivity index (χ4v) is 3.88. The quantitative estimate of drug-likeness (QED) is 0.737. The van der Waals surface area contributed by atoms with Gasteiger partial charge in [0.05, 0.1) is 5.69 Å². The lowest BCUT2D eigenvalue weighted by Crippen LogP contribution is -2.11. The average Bonchev–Trinajstić information content (AvgIpc) is 3.11. The molecule has 108 valence electrons. The highest BCUT2D eigenvalue weighted by Gasteiger charge is 2.26. The maximum Gasteiger partial charge on any atom is 0.179 e.